The molecule has 0 aromatic rings. The van der Waals surface area contributed by atoms with Gasteiger partial charge in [-0.05, 0) is 33.2 Å². The second-order valence-electron chi connectivity index (χ2n) is 4.84. The van der Waals surface area contributed by atoms with Gasteiger partial charge in [0.05, 0.1) is 12.5 Å². The molecule has 1 aliphatic heterocycles. The molecule has 1 fully saturated rings. The van der Waals surface area contributed by atoms with Crippen molar-refractivity contribution in [2.45, 2.75) is 32.7 Å². The predicted molar refractivity (Wildman–Crippen MR) is 72.5 cm³/mol. The van der Waals surface area contributed by atoms with E-state index in [1.54, 1.807) is 6.92 Å². The third-order valence-electron chi connectivity index (χ3n) is 3.44. The van der Waals surface area contributed by atoms with Gasteiger partial charge in [0.15, 0.2) is 0 Å². The molecule has 2 unspecified atom stereocenters. The molecular weight excluding hydrogens is 246 g/mol. The van der Waals surface area contributed by atoms with Gasteiger partial charge in [-0.3, -0.25) is 14.5 Å². The van der Waals surface area contributed by atoms with Crippen LogP contribution in [0.4, 0.5) is 0 Å². The van der Waals surface area contributed by atoms with Crippen molar-refractivity contribution in [3.05, 3.63) is 0 Å². The van der Waals surface area contributed by atoms with Crippen LogP contribution in [0.15, 0.2) is 0 Å². The van der Waals surface area contributed by atoms with E-state index in [2.05, 4.69) is 5.32 Å². The van der Waals surface area contributed by atoms with Crippen molar-refractivity contribution in [1.82, 2.24) is 10.2 Å². The van der Waals surface area contributed by atoms with Gasteiger partial charge in [0, 0.05) is 19.6 Å². The number of amides is 1. The highest BCUT2D eigenvalue weighted by atomic mass is 16.5. The van der Waals surface area contributed by atoms with E-state index in [0.29, 0.717) is 26.2 Å². The molecule has 0 aromatic carbocycles. The van der Waals surface area contributed by atoms with Gasteiger partial charge in [0.25, 0.3) is 0 Å². The summed E-state index contributed by atoms with van der Waals surface area (Å²) in [5.74, 6) is -0.242. The molecule has 0 saturated carbocycles. The number of rotatable bonds is 6. The van der Waals surface area contributed by atoms with Crippen LogP contribution in [-0.4, -0.2) is 55.6 Å². The minimum Gasteiger partial charge on any atom is -0.465 e. The van der Waals surface area contributed by atoms with Crippen LogP contribution < -0.4 is 11.1 Å². The first-order valence-corrected chi connectivity index (χ1v) is 6.98. The van der Waals surface area contributed by atoms with Crippen molar-refractivity contribution in [3.8, 4) is 0 Å². The summed E-state index contributed by atoms with van der Waals surface area (Å²) in [5, 5.41) is 2.81. The van der Waals surface area contributed by atoms with Crippen LogP contribution in [-0.2, 0) is 14.3 Å². The van der Waals surface area contributed by atoms with Gasteiger partial charge in [0.1, 0.15) is 6.04 Å². The Labute approximate surface area is 114 Å². The summed E-state index contributed by atoms with van der Waals surface area (Å²) < 4.78 is 5.02. The molecule has 3 N–H and O–H groups in total. The summed E-state index contributed by atoms with van der Waals surface area (Å²) in [5.41, 5.74) is 5.37. The number of nitrogens with zero attached hydrogens (tertiary/aromatic N) is 1. The normalized spacial score (nSPS) is 21.7. The van der Waals surface area contributed by atoms with Crippen LogP contribution in [0.3, 0.4) is 0 Å². The smallest absolute Gasteiger partial charge is 0.323 e. The first-order chi connectivity index (χ1) is 9.10. The number of nitrogens with two attached hydrogens (primary N) is 1. The third kappa shape index (κ3) is 4.80. The fourth-order valence-electron chi connectivity index (χ4n) is 2.32. The first kappa shape index (κ1) is 15.9. The summed E-state index contributed by atoms with van der Waals surface area (Å²) in [6.07, 6.45) is 1.78. The summed E-state index contributed by atoms with van der Waals surface area (Å²) in [6, 6.07) is -0.287. The molecule has 1 heterocycles. The number of ether oxygens (including phenoxy) is 1. The van der Waals surface area contributed by atoms with Crippen LogP contribution in [0.1, 0.15) is 26.7 Å². The van der Waals surface area contributed by atoms with Gasteiger partial charge >= 0.3 is 5.97 Å². The van der Waals surface area contributed by atoms with Crippen molar-refractivity contribution in [3.63, 3.8) is 0 Å². The molecule has 2 atom stereocenters. The zero-order valence-electron chi connectivity index (χ0n) is 11.9. The number of piperidine rings is 1. The average molecular weight is 271 g/mol. The summed E-state index contributed by atoms with van der Waals surface area (Å²) in [6.45, 7) is 6.40. The highest BCUT2D eigenvalue weighted by molar-refractivity contribution is 5.79. The number of carbonyl (C=O) groups excluding carboxylic acids is 2. The maximum Gasteiger partial charge on any atom is 0.323 e. The van der Waals surface area contributed by atoms with E-state index in [0.717, 1.165) is 19.4 Å². The second kappa shape index (κ2) is 8.12. The van der Waals surface area contributed by atoms with Crippen molar-refractivity contribution in [2.24, 2.45) is 11.7 Å². The van der Waals surface area contributed by atoms with E-state index in [4.69, 9.17) is 10.5 Å². The number of esters is 1. The Bertz CT molecular complexity index is 310. The lowest BCUT2D eigenvalue weighted by Crippen LogP contribution is -2.49. The SMILES string of the molecule is CCOC(=O)C(C)N1CCCC(C(=O)NCCN)C1. The minimum absolute atomic E-state index is 0.0335. The summed E-state index contributed by atoms with van der Waals surface area (Å²) in [4.78, 5) is 25.6. The first-order valence-electron chi connectivity index (χ1n) is 6.98. The fraction of sp³-hybridized carbons (Fsp3) is 0.846. The van der Waals surface area contributed by atoms with E-state index >= 15 is 0 Å². The van der Waals surface area contributed by atoms with Crippen molar-refractivity contribution < 1.29 is 14.3 Å². The lowest BCUT2D eigenvalue weighted by atomic mass is 9.96. The summed E-state index contributed by atoms with van der Waals surface area (Å²) >= 11 is 0. The van der Waals surface area contributed by atoms with Crippen LogP contribution in [0.5, 0.6) is 0 Å². The molecular formula is C13H25N3O3. The molecule has 1 rings (SSSR count). The van der Waals surface area contributed by atoms with Gasteiger partial charge in [0.2, 0.25) is 5.91 Å². The molecule has 6 heteroatoms. The lowest BCUT2D eigenvalue weighted by molar-refractivity contribution is -0.150. The molecule has 1 saturated heterocycles. The Morgan fingerprint density at radius 3 is 2.89 bits per heavy atom. The molecule has 0 aliphatic carbocycles. The minimum atomic E-state index is -0.287. The lowest BCUT2D eigenvalue weighted by Gasteiger charge is -2.34. The van der Waals surface area contributed by atoms with E-state index in [-0.39, 0.29) is 23.8 Å². The van der Waals surface area contributed by atoms with Crippen LogP contribution >= 0.6 is 0 Å². The summed E-state index contributed by atoms with van der Waals surface area (Å²) in [7, 11) is 0. The standard InChI is InChI=1S/C13H25N3O3/c1-3-19-13(18)10(2)16-8-4-5-11(9-16)12(17)15-7-6-14/h10-11H,3-9,14H2,1-2H3,(H,15,17). The van der Waals surface area contributed by atoms with Gasteiger partial charge in [-0.25, -0.2) is 0 Å². The van der Waals surface area contributed by atoms with E-state index in [1.165, 1.54) is 0 Å². The Morgan fingerprint density at radius 2 is 2.26 bits per heavy atom. The van der Waals surface area contributed by atoms with Gasteiger partial charge in [-0.2, -0.15) is 0 Å². The Balaban J connectivity index is 2.49. The average Bonchev–Trinajstić information content (AvgIpc) is 2.44. The van der Waals surface area contributed by atoms with Crippen LogP contribution in [0.2, 0.25) is 0 Å². The number of hydrogen-bond donors (Lipinski definition) is 2. The molecule has 19 heavy (non-hydrogen) atoms. The van der Waals surface area contributed by atoms with Gasteiger partial charge < -0.3 is 15.8 Å². The second-order valence-corrected chi connectivity index (χ2v) is 4.84. The van der Waals surface area contributed by atoms with Crippen LogP contribution in [0, 0.1) is 5.92 Å². The number of nitrogens with one attached hydrogen (secondary N) is 1. The van der Waals surface area contributed by atoms with E-state index in [1.807, 2.05) is 11.8 Å². The van der Waals surface area contributed by atoms with Crippen molar-refractivity contribution >= 4 is 11.9 Å². The monoisotopic (exact) mass is 271 g/mol. The van der Waals surface area contributed by atoms with Crippen LogP contribution in [0.25, 0.3) is 0 Å². The highest BCUT2D eigenvalue weighted by Crippen LogP contribution is 2.19. The Kier molecular flexibility index (Phi) is 6.80. The maximum atomic E-state index is 11.9. The molecule has 6 nitrogen and oxygen atoms in total. The van der Waals surface area contributed by atoms with Gasteiger partial charge in [-0.1, -0.05) is 0 Å². The maximum absolute atomic E-state index is 11.9. The van der Waals surface area contributed by atoms with Crippen molar-refractivity contribution in [2.75, 3.05) is 32.8 Å². The largest absolute Gasteiger partial charge is 0.465 e. The quantitative estimate of drug-likeness (QED) is 0.649. The third-order valence-corrected chi connectivity index (χ3v) is 3.44. The molecule has 0 bridgehead atoms. The Morgan fingerprint density at radius 1 is 1.53 bits per heavy atom. The van der Waals surface area contributed by atoms with E-state index < -0.39 is 0 Å². The Hall–Kier alpha value is -1.14. The fourth-order valence-corrected chi connectivity index (χ4v) is 2.32. The zero-order chi connectivity index (χ0) is 14.3. The number of carbonyl (C=O) groups is 2. The molecule has 0 spiro atoms. The zero-order valence-corrected chi connectivity index (χ0v) is 11.9. The van der Waals surface area contributed by atoms with Crippen molar-refractivity contribution in [1.29, 1.82) is 0 Å². The molecule has 1 amide bonds. The predicted octanol–water partition coefficient (Wildman–Crippen LogP) is -0.275. The molecule has 1 aliphatic rings. The number of likely N-dealkylation sites (tertiary alicyclic amines) is 1. The topological polar surface area (TPSA) is 84.7 Å². The van der Waals surface area contributed by atoms with E-state index in [9.17, 15) is 9.59 Å². The molecule has 110 valence electrons. The molecule has 0 aromatic heterocycles. The molecule has 0 radical (unpaired) electrons. The number of hydrogen-bond acceptors (Lipinski definition) is 5. The van der Waals surface area contributed by atoms with Gasteiger partial charge in [-0.15, -0.1) is 0 Å². The highest BCUT2D eigenvalue weighted by Gasteiger charge is 2.31.